The zero-order valence-electron chi connectivity index (χ0n) is 16.2. The Morgan fingerprint density at radius 3 is 2.90 bits per heavy atom. The van der Waals surface area contributed by atoms with Crippen LogP contribution in [0.1, 0.15) is 18.4 Å². The Balaban J connectivity index is 1.48. The summed E-state index contributed by atoms with van der Waals surface area (Å²) in [7, 11) is 0. The third-order valence-electron chi connectivity index (χ3n) is 4.70. The van der Waals surface area contributed by atoms with Gasteiger partial charge in [0.1, 0.15) is 0 Å². The van der Waals surface area contributed by atoms with Gasteiger partial charge in [-0.05, 0) is 49.6 Å². The van der Waals surface area contributed by atoms with Gasteiger partial charge in [-0.3, -0.25) is 14.3 Å². The van der Waals surface area contributed by atoms with Crippen LogP contribution in [0, 0.1) is 6.92 Å². The number of pyridine rings is 1. The Hall–Kier alpha value is -2.71. The number of hydrogen-bond donors (Lipinski definition) is 1. The predicted octanol–water partition coefficient (Wildman–Crippen LogP) is 3.56. The third kappa shape index (κ3) is 5.02. The quantitative estimate of drug-likeness (QED) is 0.601. The number of aromatic nitrogens is 4. The maximum absolute atomic E-state index is 12.4. The number of ether oxygens (including phenoxy) is 1. The largest absolute Gasteiger partial charge is 0.376 e. The Morgan fingerprint density at radius 2 is 2.14 bits per heavy atom. The molecule has 2 aromatic heterocycles. The van der Waals surface area contributed by atoms with Crippen molar-refractivity contribution in [3.63, 3.8) is 0 Å². The second-order valence-electron chi connectivity index (χ2n) is 6.99. The topological polar surface area (TPSA) is 81.9 Å². The number of anilines is 1. The summed E-state index contributed by atoms with van der Waals surface area (Å²) in [6.45, 7) is 3.46. The maximum Gasteiger partial charge on any atom is 0.234 e. The summed E-state index contributed by atoms with van der Waals surface area (Å²) in [5, 5.41) is 12.4. The zero-order valence-corrected chi connectivity index (χ0v) is 17.1. The van der Waals surface area contributed by atoms with E-state index in [2.05, 4.69) is 25.1 Å². The summed E-state index contributed by atoms with van der Waals surface area (Å²) in [4.78, 5) is 16.5. The lowest BCUT2D eigenvalue weighted by molar-refractivity contribution is -0.113. The van der Waals surface area contributed by atoms with Crippen molar-refractivity contribution in [1.29, 1.82) is 0 Å². The first-order valence-corrected chi connectivity index (χ1v) is 10.6. The minimum Gasteiger partial charge on any atom is -0.376 e. The molecule has 1 fully saturated rings. The van der Waals surface area contributed by atoms with Crippen LogP contribution in [0.5, 0.6) is 0 Å². The third-order valence-corrected chi connectivity index (χ3v) is 5.67. The molecule has 3 aromatic rings. The number of benzene rings is 1. The summed E-state index contributed by atoms with van der Waals surface area (Å²) >= 11 is 1.38. The first-order valence-electron chi connectivity index (χ1n) is 9.63. The number of carbonyl (C=O) groups is 1. The monoisotopic (exact) mass is 409 g/mol. The molecule has 0 radical (unpaired) electrons. The van der Waals surface area contributed by atoms with E-state index in [0.717, 1.165) is 42.1 Å². The van der Waals surface area contributed by atoms with E-state index in [4.69, 9.17) is 4.74 Å². The van der Waals surface area contributed by atoms with E-state index in [1.807, 2.05) is 43.3 Å². The van der Waals surface area contributed by atoms with Crippen molar-refractivity contribution < 1.29 is 9.53 Å². The molecule has 150 valence electrons. The molecule has 0 spiro atoms. The summed E-state index contributed by atoms with van der Waals surface area (Å²) in [5.74, 6) is 0.954. The molecular weight excluding hydrogens is 386 g/mol. The van der Waals surface area contributed by atoms with Crippen LogP contribution >= 0.6 is 11.8 Å². The highest BCUT2D eigenvalue weighted by molar-refractivity contribution is 7.99. The number of nitrogens with zero attached hydrogens (tertiary/aromatic N) is 4. The van der Waals surface area contributed by atoms with Crippen LogP contribution in [0.3, 0.4) is 0 Å². The highest BCUT2D eigenvalue weighted by Gasteiger charge is 2.22. The van der Waals surface area contributed by atoms with Gasteiger partial charge in [-0.25, -0.2) is 0 Å². The van der Waals surface area contributed by atoms with Crippen molar-refractivity contribution in [3.8, 4) is 11.4 Å². The summed E-state index contributed by atoms with van der Waals surface area (Å²) in [6, 6.07) is 11.6. The molecule has 1 amide bonds. The van der Waals surface area contributed by atoms with Gasteiger partial charge in [-0.1, -0.05) is 23.9 Å². The minimum atomic E-state index is -0.0715. The van der Waals surface area contributed by atoms with Crippen LogP contribution in [0.25, 0.3) is 11.4 Å². The number of rotatable bonds is 7. The second kappa shape index (κ2) is 9.19. The van der Waals surface area contributed by atoms with Crippen LogP contribution in [0.4, 0.5) is 5.69 Å². The molecule has 1 aromatic carbocycles. The van der Waals surface area contributed by atoms with Crippen molar-refractivity contribution in [2.75, 3.05) is 17.7 Å². The number of carbonyl (C=O) groups excluding carboxylic acids is 1. The first kappa shape index (κ1) is 19.6. The second-order valence-corrected chi connectivity index (χ2v) is 7.94. The van der Waals surface area contributed by atoms with Gasteiger partial charge in [-0.2, -0.15) is 0 Å². The van der Waals surface area contributed by atoms with E-state index in [1.165, 1.54) is 11.8 Å². The Kier molecular flexibility index (Phi) is 6.21. The molecule has 0 aliphatic carbocycles. The molecule has 4 rings (SSSR count). The lowest BCUT2D eigenvalue weighted by Gasteiger charge is -2.14. The Morgan fingerprint density at radius 1 is 1.28 bits per heavy atom. The predicted molar refractivity (Wildman–Crippen MR) is 113 cm³/mol. The number of thioether (sulfide) groups is 1. The van der Waals surface area contributed by atoms with Gasteiger partial charge in [0.2, 0.25) is 5.91 Å². The molecule has 0 unspecified atom stereocenters. The van der Waals surface area contributed by atoms with Crippen LogP contribution in [-0.2, 0) is 16.1 Å². The summed E-state index contributed by atoms with van der Waals surface area (Å²) in [5.41, 5.74) is 2.85. The van der Waals surface area contributed by atoms with Crippen molar-refractivity contribution in [2.24, 2.45) is 0 Å². The van der Waals surface area contributed by atoms with Crippen molar-refractivity contribution in [2.45, 2.75) is 37.6 Å². The van der Waals surface area contributed by atoms with Crippen molar-refractivity contribution >= 4 is 23.4 Å². The van der Waals surface area contributed by atoms with E-state index in [1.54, 1.807) is 12.4 Å². The SMILES string of the molecule is Cc1cccc(NC(=O)CSc2nnc(-c3ccncc3)n2C[C@@H]2CCCO2)c1. The highest BCUT2D eigenvalue weighted by Crippen LogP contribution is 2.26. The fraction of sp³-hybridized carbons (Fsp3) is 0.333. The molecule has 1 atom stereocenters. The summed E-state index contributed by atoms with van der Waals surface area (Å²) < 4.78 is 7.86. The standard InChI is InChI=1S/C21H23N5O2S/c1-15-4-2-5-17(12-15)23-19(27)14-29-21-25-24-20(16-7-9-22-10-8-16)26(21)13-18-6-3-11-28-18/h2,4-5,7-10,12,18H,3,6,11,13-14H2,1H3,(H,23,27)/t18-/m0/s1. The zero-order chi connectivity index (χ0) is 20.1. The highest BCUT2D eigenvalue weighted by atomic mass is 32.2. The number of nitrogens with one attached hydrogen (secondary N) is 1. The molecule has 7 nitrogen and oxygen atoms in total. The normalized spacial score (nSPS) is 16.1. The van der Waals surface area contributed by atoms with Gasteiger partial charge in [0.25, 0.3) is 0 Å². The van der Waals surface area contributed by atoms with Crippen LogP contribution < -0.4 is 5.32 Å². The van der Waals surface area contributed by atoms with Gasteiger partial charge in [-0.15, -0.1) is 10.2 Å². The average Bonchev–Trinajstić information content (AvgIpc) is 3.38. The Labute approximate surface area is 173 Å². The number of amides is 1. The van der Waals surface area contributed by atoms with E-state index < -0.39 is 0 Å². The Bertz CT molecular complexity index is 970. The van der Waals surface area contributed by atoms with Gasteiger partial charge < -0.3 is 10.1 Å². The van der Waals surface area contributed by atoms with Crippen molar-refractivity contribution in [3.05, 3.63) is 54.4 Å². The summed E-state index contributed by atoms with van der Waals surface area (Å²) in [6.07, 6.45) is 5.71. The molecule has 29 heavy (non-hydrogen) atoms. The fourth-order valence-corrected chi connectivity index (χ4v) is 4.06. The molecule has 8 heteroatoms. The van der Waals surface area contributed by atoms with Gasteiger partial charge in [0.15, 0.2) is 11.0 Å². The van der Waals surface area contributed by atoms with Crippen LogP contribution in [-0.4, -0.2) is 44.1 Å². The molecule has 1 N–H and O–H groups in total. The lowest BCUT2D eigenvalue weighted by atomic mass is 10.2. The smallest absolute Gasteiger partial charge is 0.234 e. The van der Waals surface area contributed by atoms with Gasteiger partial charge in [0.05, 0.1) is 18.4 Å². The fourth-order valence-electron chi connectivity index (χ4n) is 3.32. The number of aryl methyl sites for hydroxylation is 1. The van der Waals surface area contributed by atoms with Gasteiger partial charge in [0, 0.05) is 30.3 Å². The van der Waals surface area contributed by atoms with Crippen LogP contribution in [0.15, 0.2) is 53.9 Å². The van der Waals surface area contributed by atoms with E-state index >= 15 is 0 Å². The molecule has 1 aliphatic rings. The molecule has 1 saturated heterocycles. The van der Waals surface area contributed by atoms with Crippen LogP contribution in [0.2, 0.25) is 0 Å². The minimum absolute atomic E-state index is 0.0715. The van der Waals surface area contributed by atoms with E-state index in [9.17, 15) is 4.79 Å². The van der Waals surface area contributed by atoms with Gasteiger partial charge >= 0.3 is 0 Å². The van der Waals surface area contributed by atoms with Crippen molar-refractivity contribution in [1.82, 2.24) is 19.7 Å². The van der Waals surface area contributed by atoms with E-state index in [0.29, 0.717) is 11.7 Å². The molecule has 3 heterocycles. The molecule has 0 bridgehead atoms. The molecular formula is C21H23N5O2S. The maximum atomic E-state index is 12.4. The average molecular weight is 410 g/mol. The molecule has 0 saturated carbocycles. The first-order chi connectivity index (χ1) is 14.2. The number of hydrogen-bond acceptors (Lipinski definition) is 6. The lowest BCUT2D eigenvalue weighted by Crippen LogP contribution is -2.18. The molecule has 1 aliphatic heterocycles. The van der Waals surface area contributed by atoms with E-state index in [-0.39, 0.29) is 17.8 Å².